The number of hydrogen-bond donors (Lipinski definition) is 3. The first kappa shape index (κ1) is 22.3. The summed E-state index contributed by atoms with van der Waals surface area (Å²) in [5.74, 6) is 0.129. The Balaban J connectivity index is 2.39. The normalized spacial score (nSPS) is 19.9. The van der Waals surface area contributed by atoms with Gasteiger partial charge in [-0.25, -0.2) is 4.98 Å². The number of carbonyl (C=O) groups excluding carboxylic acids is 1. The maximum Gasteiger partial charge on any atom is 0.276 e. The minimum absolute atomic E-state index is 0.130. The number of halogens is 3. The van der Waals surface area contributed by atoms with Crippen molar-refractivity contribution >= 4 is 34.2 Å². The average Bonchev–Trinajstić information content (AvgIpc) is 2.68. The van der Waals surface area contributed by atoms with Crippen LogP contribution in [0.3, 0.4) is 0 Å². The molecule has 0 aromatic carbocycles. The zero-order valence-electron chi connectivity index (χ0n) is 16.2. The maximum absolute atomic E-state index is 13.0. The largest absolute Gasteiger partial charge is 0.404 e. The predicted molar refractivity (Wildman–Crippen MR) is 112 cm³/mol. The molecule has 0 spiro atoms. The van der Waals surface area contributed by atoms with Gasteiger partial charge in [0.1, 0.15) is 16.6 Å². The number of amides is 1. The summed E-state index contributed by atoms with van der Waals surface area (Å²) >= 11 is -5.49. The smallest absolute Gasteiger partial charge is 0.276 e. The molecule has 0 saturated heterocycles. The van der Waals surface area contributed by atoms with Crippen molar-refractivity contribution in [1.82, 2.24) is 9.88 Å². The third-order valence-electron chi connectivity index (χ3n) is 4.17. The van der Waals surface area contributed by atoms with E-state index in [1.54, 1.807) is 39.2 Å². The molecule has 11 heteroatoms. The molecule has 0 radical (unpaired) electrons. The van der Waals surface area contributed by atoms with Gasteiger partial charge in [-0.2, -0.15) is 0 Å². The van der Waals surface area contributed by atoms with Crippen molar-refractivity contribution in [1.29, 1.82) is 0 Å². The van der Waals surface area contributed by atoms with Crippen LogP contribution in [0.4, 0.5) is 17.5 Å². The molecule has 5 N–H and O–H groups in total. The van der Waals surface area contributed by atoms with E-state index in [2.05, 4.69) is 15.3 Å². The van der Waals surface area contributed by atoms with E-state index in [4.69, 9.17) is 11.5 Å². The number of nitrogens with two attached hydrogens (primary N) is 2. The standard InChI is InChI=1S/C18H23F3N6OS/c1-11-10-27(12(2)4-5-15(23)29(19,20)21)18(28)17(26-11)14(9-22)13-6-7-25-16(8-13)24-3/h4-9,11H,10,22-23H2,1-3H3,(H,24,25)/b12-4+,14-9?,15-5+. The molecule has 1 amide bonds. The summed E-state index contributed by atoms with van der Waals surface area (Å²) < 4.78 is 38.0. The van der Waals surface area contributed by atoms with Crippen LogP contribution in [-0.2, 0) is 4.79 Å². The number of rotatable bonds is 6. The van der Waals surface area contributed by atoms with Crippen LogP contribution in [0.15, 0.2) is 52.4 Å². The van der Waals surface area contributed by atoms with Crippen LogP contribution >= 0.6 is 11.2 Å². The lowest BCUT2D eigenvalue weighted by Gasteiger charge is -2.31. The van der Waals surface area contributed by atoms with Gasteiger partial charge in [0.15, 0.2) is 0 Å². The van der Waals surface area contributed by atoms with Gasteiger partial charge < -0.3 is 21.7 Å². The number of nitrogens with zero attached hydrogens (tertiary/aromatic N) is 3. The number of pyridine rings is 1. The summed E-state index contributed by atoms with van der Waals surface area (Å²) in [6.45, 7) is 3.57. The monoisotopic (exact) mass is 428 g/mol. The van der Waals surface area contributed by atoms with Gasteiger partial charge in [0.25, 0.3) is 17.1 Å². The summed E-state index contributed by atoms with van der Waals surface area (Å²) in [6, 6.07) is 3.13. The van der Waals surface area contributed by atoms with Gasteiger partial charge in [0.2, 0.25) is 0 Å². The van der Waals surface area contributed by atoms with Crippen molar-refractivity contribution in [3.63, 3.8) is 0 Å². The van der Waals surface area contributed by atoms with E-state index in [1.165, 1.54) is 17.2 Å². The molecule has 1 aromatic heterocycles. The van der Waals surface area contributed by atoms with Crippen molar-refractivity contribution in [3.05, 3.63) is 53.0 Å². The number of aromatic nitrogens is 1. The fourth-order valence-electron chi connectivity index (χ4n) is 2.70. The van der Waals surface area contributed by atoms with Crippen LogP contribution < -0.4 is 16.8 Å². The Morgan fingerprint density at radius 1 is 1.38 bits per heavy atom. The first-order valence-electron chi connectivity index (χ1n) is 8.60. The van der Waals surface area contributed by atoms with Crippen molar-refractivity contribution in [2.24, 2.45) is 16.5 Å². The number of anilines is 1. The second kappa shape index (κ2) is 9.03. The summed E-state index contributed by atoms with van der Waals surface area (Å²) in [5.41, 5.74) is 12.3. The fourth-order valence-corrected chi connectivity index (χ4v) is 2.92. The molecule has 0 aliphatic carbocycles. The number of allylic oxidation sites excluding steroid dienone is 3. The van der Waals surface area contributed by atoms with E-state index in [-0.39, 0.29) is 18.3 Å². The minimum Gasteiger partial charge on any atom is -0.404 e. The fraction of sp³-hybridized carbons (Fsp3) is 0.278. The zero-order valence-corrected chi connectivity index (χ0v) is 17.0. The predicted octanol–water partition coefficient (Wildman–Crippen LogP) is 3.26. The third-order valence-corrected chi connectivity index (χ3v) is 4.85. The Bertz CT molecular complexity index is 907. The third kappa shape index (κ3) is 5.31. The van der Waals surface area contributed by atoms with Gasteiger partial charge in [-0.05, 0) is 43.7 Å². The minimum atomic E-state index is -5.49. The maximum atomic E-state index is 13.0. The van der Waals surface area contributed by atoms with Gasteiger partial charge in [-0.1, -0.05) is 0 Å². The van der Waals surface area contributed by atoms with E-state index >= 15 is 0 Å². The lowest BCUT2D eigenvalue weighted by atomic mass is 9.99. The van der Waals surface area contributed by atoms with Gasteiger partial charge in [-0.15, -0.1) is 11.7 Å². The zero-order chi connectivity index (χ0) is 21.8. The molecule has 0 bridgehead atoms. The molecular formula is C18H23F3N6OS. The van der Waals surface area contributed by atoms with Crippen LogP contribution in [0.1, 0.15) is 19.4 Å². The van der Waals surface area contributed by atoms with Crippen LogP contribution in [0, 0.1) is 0 Å². The summed E-state index contributed by atoms with van der Waals surface area (Å²) in [5, 5.41) is 1.74. The number of nitrogens with one attached hydrogen (secondary N) is 1. The second-order valence-electron chi connectivity index (χ2n) is 6.29. The summed E-state index contributed by atoms with van der Waals surface area (Å²) in [6.07, 6.45) is 4.81. The molecule has 0 saturated carbocycles. The van der Waals surface area contributed by atoms with Crippen molar-refractivity contribution in [2.45, 2.75) is 19.9 Å². The molecule has 1 aromatic rings. The van der Waals surface area contributed by atoms with Crippen molar-refractivity contribution in [2.75, 3.05) is 18.9 Å². The van der Waals surface area contributed by atoms with E-state index in [0.717, 1.165) is 6.08 Å². The average molecular weight is 428 g/mol. The number of carbonyl (C=O) groups is 1. The van der Waals surface area contributed by atoms with Crippen LogP contribution in [0.25, 0.3) is 5.57 Å². The Morgan fingerprint density at radius 2 is 2.07 bits per heavy atom. The van der Waals surface area contributed by atoms with Crippen LogP contribution in [0.2, 0.25) is 0 Å². The van der Waals surface area contributed by atoms with E-state index < -0.39 is 22.1 Å². The number of aliphatic imine (C=N–C) groups is 1. The molecule has 158 valence electrons. The highest BCUT2D eigenvalue weighted by Gasteiger charge is 2.31. The van der Waals surface area contributed by atoms with E-state index in [0.29, 0.717) is 22.7 Å². The van der Waals surface area contributed by atoms with Crippen LogP contribution in [0.5, 0.6) is 0 Å². The Labute approximate surface area is 169 Å². The van der Waals surface area contributed by atoms with Crippen LogP contribution in [-0.4, -0.2) is 41.1 Å². The second-order valence-corrected chi connectivity index (χ2v) is 7.57. The highest BCUT2D eigenvalue weighted by molar-refractivity contribution is 8.24. The molecule has 1 unspecified atom stereocenters. The molecule has 1 aliphatic heterocycles. The Morgan fingerprint density at radius 3 is 2.66 bits per heavy atom. The van der Waals surface area contributed by atoms with Gasteiger partial charge in [0.05, 0.1) is 6.04 Å². The first-order chi connectivity index (χ1) is 13.6. The molecule has 1 atom stereocenters. The van der Waals surface area contributed by atoms with Gasteiger partial charge in [-0.3, -0.25) is 9.79 Å². The first-order valence-corrected chi connectivity index (χ1v) is 9.94. The Hall–Kier alpha value is -2.95. The summed E-state index contributed by atoms with van der Waals surface area (Å²) in [7, 11) is 1.71. The van der Waals surface area contributed by atoms with Gasteiger partial charge >= 0.3 is 0 Å². The van der Waals surface area contributed by atoms with Crippen molar-refractivity contribution in [3.8, 4) is 0 Å². The molecule has 2 rings (SSSR count). The quantitative estimate of drug-likeness (QED) is 0.603. The van der Waals surface area contributed by atoms with Gasteiger partial charge in [0, 0.05) is 37.3 Å². The highest BCUT2D eigenvalue weighted by atomic mass is 32.3. The molecular weight excluding hydrogens is 405 g/mol. The molecule has 7 nitrogen and oxygen atoms in total. The lowest BCUT2D eigenvalue weighted by molar-refractivity contribution is -0.122. The summed E-state index contributed by atoms with van der Waals surface area (Å²) in [4.78, 5) is 23.0. The highest BCUT2D eigenvalue weighted by Crippen LogP contribution is 2.58. The molecule has 0 fully saturated rings. The topological polar surface area (TPSA) is 110 Å². The molecule has 1 aliphatic rings. The van der Waals surface area contributed by atoms with E-state index in [1.807, 2.05) is 0 Å². The van der Waals surface area contributed by atoms with E-state index in [9.17, 15) is 16.5 Å². The number of hydrogen-bond acceptors (Lipinski definition) is 6. The SMILES string of the molecule is CNc1cc(C(=CN)C2=NC(C)CN(/C(C)=C/C=C(\N)S(F)(F)F)C2=O)ccn1. The molecule has 29 heavy (non-hydrogen) atoms. The lowest BCUT2D eigenvalue weighted by Crippen LogP contribution is -2.44. The molecule has 2 heterocycles. The Kier molecular flexibility index (Phi) is 6.96. The van der Waals surface area contributed by atoms with Crippen molar-refractivity contribution < 1.29 is 16.5 Å².